The highest BCUT2D eigenvalue weighted by atomic mass is 35.5. The Morgan fingerprint density at radius 2 is 2.05 bits per heavy atom. The summed E-state index contributed by atoms with van der Waals surface area (Å²) >= 11 is 6.16. The predicted molar refractivity (Wildman–Crippen MR) is 82.4 cm³/mol. The van der Waals surface area contributed by atoms with Crippen LogP contribution in [0.5, 0.6) is 0 Å². The first-order valence-corrected chi connectivity index (χ1v) is 7.04. The fourth-order valence-corrected chi connectivity index (χ4v) is 2.18. The van der Waals surface area contributed by atoms with E-state index < -0.39 is 11.9 Å². The summed E-state index contributed by atoms with van der Waals surface area (Å²) in [6, 6.07) is 8.17. The third-order valence-corrected chi connectivity index (χ3v) is 3.30. The maximum atomic E-state index is 12.1. The van der Waals surface area contributed by atoms with Crippen molar-refractivity contribution in [1.82, 2.24) is 15.6 Å². The molecule has 0 radical (unpaired) electrons. The van der Waals surface area contributed by atoms with E-state index in [0.29, 0.717) is 17.1 Å². The van der Waals surface area contributed by atoms with E-state index in [9.17, 15) is 9.59 Å². The van der Waals surface area contributed by atoms with Gasteiger partial charge in [0.2, 0.25) is 5.91 Å². The minimum absolute atomic E-state index is 0.190. The van der Waals surface area contributed by atoms with Crippen LogP contribution in [0.2, 0.25) is 5.02 Å². The zero-order valence-corrected chi connectivity index (χ0v) is 12.6. The van der Waals surface area contributed by atoms with Gasteiger partial charge in [-0.05, 0) is 26.0 Å². The van der Waals surface area contributed by atoms with Crippen molar-refractivity contribution in [2.45, 2.75) is 19.9 Å². The van der Waals surface area contributed by atoms with Crippen molar-refractivity contribution in [1.29, 1.82) is 0 Å². The number of carbonyl (C=O) groups excluding carboxylic acids is 2. The molecule has 0 bridgehead atoms. The summed E-state index contributed by atoms with van der Waals surface area (Å²) in [6.45, 7) is 3.95. The molecule has 6 heteroatoms. The number of carbonyl (C=O) groups is 2. The second-order valence-corrected chi connectivity index (χ2v) is 5.00. The highest BCUT2D eigenvalue weighted by Gasteiger charge is 2.17. The van der Waals surface area contributed by atoms with Crippen molar-refractivity contribution >= 4 is 34.3 Å². The zero-order chi connectivity index (χ0) is 15.4. The van der Waals surface area contributed by atoms with Crippen molar-refractivity contribution in [2.75, 3.05) is 6.54 Å². The second kappa shape index (κ2) is 6.54. The predicted octanol–water partition coefficient (Wildman–Crippen LogP) is 2.14. The van der Waals surface area contributed by atoms with Crippen LogP contribution in [0.25, 0.3) is 10.9 Å². The molecule has 0 aliphatic rings. The Morgan fingerprint density at radius 3 is 2.76 bits per heavy atom. The van der Waals surface area contributed by atoms with Gasteiger partial charge in [-0.1, -0.05) is 29.8 Å². The Hall–Kier alpha value is -2.14. The topological polar surface area (TPSA) is 71.1 Å². The van der Waals surface area contributed by atoms with Gasteiger partial charge < -0.3 is 10.6 Å². The van der Waals surface area contributed by atoms with Crippen molar-refractivity contribution in [2.24, 2.45) is 0 Å². The van der Waals surface area contributed by atoms with Crippen LogP contribution in [0.3, 0.4) is 0 Å². The molecule has 0 aliphatic heterocycles. The Balaban J connectivity index is 2.22. The summed E-state index contributed by atoms with van der Waals surface area (Å²) in [5.41, 5.74) is 0.829. The number of rotatable bonds is 4. The number of fused-ring (bicyclic) bond motifs is 1. The molecule has 1 aromatic heterocycles. The number of nitrogens with one attached hydrogen (secondary N) is 2. The minimum atomic E-state index is -0.635. The van der Waals surface area contributed by atoms with Gasteiger partial charge in [-0.2, -0.15) is 0 Å². The lowest BCUT2D eigenvalue weighted by atomic mass is 10.2. The number of aromatic nitrogens is 1. The SMILES string of the molecule is CCNC(=O)C(C)NC(=O)c1cc(Cl)c2ccccc2n1. The van der Waals surface area contributed by atoms with Crippen LogP contribution >= 0.6 is 11.6 Å². The highest BCUT2D eigenvalue weighted by molar-refractivity contribution is 6.35. The second-order valence-electron chi connectivity index (χ2n) is 4.60. The quantitative estimate of drug-likeness (QED) is 0.909. The number of pyridine rings is 1. The first-order valence-electron chi connectivity index (χ1n) is 6.66. The molecule has 0 saturated carbocycles. The van der Waals surface area contributed by atoms with E-state index >= 15 is 0 Å². The fourth-order valence-electron chi connectivity index (χ4n) is 1.91. The van der Waals surface area contributed by atoms with Gasteiger partial charge in [0.1, 0.15) is 11.7 Å². The van der Waals surface area contributed by atoms with Gasteiger partial charge in [0.05, 0.1) is 10.5 Å². The van der Waals surface area contributed by atoms with Gasteiger partial charge in [-0.15, -0.1) is 0 Å². The molecule has 1 unspecified atom stereocenters. The molecule has 2 amide bonds. The highest BCUT2D eigenvalue weighted by Crippen LogP contribution is 2.22. The van der Waals surface area contributed by atoms with Crippen molar-refractivity contribution < 1.29 is 9.59 Å². The molecule has 1 atom stereocenters. The number of amides is 2. The van der Waals surface area contributed by atoms with Gasteiger partial charge >= 0.3 is 0 Å². The number of likely N-dealkylation sites (N-methyl/N-ethyl adjacent to an activating group) is 1. The van der Waals surface area contributed by atoms with Crippen molar-refractivity contribution in [3.8, 4) is 0 Å². The van der Waals surface area contributed by atoms with Crippen LogP contribution < -0.4 is 10.6 Å². The molecule has 5 nitrogen and oxygen atoms in total. The Bertz CT molecular complexity index is 688. The lowest BCUT2D eigenvalue weighted by Gasteiger charge is -2.13. The average molecular weight is 306 g/mol. The molecule has 2 aromatic rings. The van der Waals surface area contributed by atoms with Gasteiger partial charge in [-0.3, -0.25) is 9.59 Å². The monoisotopic (exact) mass is 305 g/mol. The number of hydrogen-bond donors (Lipinski definition) is 2. The van der Waals surface area contributed by atoms with Crippen LogP contribution in [-0.4, -0.2) is 29.4 Å². The molecule has 1 heterocycles. The minimum Gasteiger partial charge on any atom is -0.355 e. The fraction of sp³-hybridized carbons (Fsp3) is 0.267. The van der Waals surface area contributed by atoms with Crippen LogP contribution in [0, 0.1) is 0 Å². The molecule has 1 aromatic carbocycles. The standard InChI is InChI=1S/C15H16ClN3O2/c1-3-17-14(20)9(2)18-15(21)13-8-11(16)10-6-4-5-7-12(10)19-13/h4-9H,3H2,1-2H3,(H,17,20)(H,18,21). The van der Waals surface area contributed by atoms with E-state index in [0.717, 1.165) is 5.39 Å². The molecule has 21 heavy (non-hydrogen) atoms. The molecule has 0 fully saturated rings. The summed E-state index contributed by atoms with van der Waals surface area (Å²) < 4.78 is 0. The molecule has 0 saturated heterocycles. The summed E-state index contributed by atoms with van der Waals surface area (Å²) in [5, 5.41) is 6.48. The molecular formula is C15H16ClN3O2. The zero-order valence-electron chi connectivity index (χ0n) is 11.8. The van der Waals surface area contributed by atoms with E-state index in [4.69, 9.17) is 11.6 Å². The smallest absolute Gasteiger partial charge is 0.270 e. The summed E-state index contributed by atoms with van der Waals surface area (Å²) in [4.78, 5) is 28.0. The molecule has 0 aliphatic carbocycles. The van der Waals surface area contributed by atoms with Gasteiger partial charge in [0.25, 0.3) is 5.91 Å². The van der Waals surface area contributed by atoms with Crippen molar-refractivity contribution in [3.05, 3.63) is 41.0 Å². The van der Waals surface area contributed by atoms with Gasteiger partial charge in [0.15, 0.2) is 0 Å². The number of halogens is 1. The summed E-state index contributed by atoms with van der Waals surface area (Å²) in [5.74, 6) is -0.667. The maximum absolute atomic E-state index is 12.1. The van der Waals surface area contributed by atoms with E-state index in [1.165, 1.54) is 6.07 Å². The number of benzene rings is 1. The molecular weight excluding hydrogens is 290 g/mol. The molecule has 110 valence electrons. The first-order chi connectivity index (χ1) is 10.0. The Labute approximate surface area is 127 Å². The lowest BCUT2D eigenvalue weighted by Crippen LogP contribution is -2.44. The molecule has 2 rings (SSSR count). The number of hydrogen-bond acceptors (Lipinski definition) is 3. The van der Waals surface area contributed by atoms with Gasteiger partial charge in [-0.25, -0.2) is 4.98 Å². The van der Waals surface area contributed by atoms with E-state index in [1.54, 1.807) is 13.0 Å². The van der Waals surface area contributed by atoms with Crippen LogP contribution in [0.4, 0.5) is 0 Å². The van der Waals surface area contributed by atoms with Crippen LogP contribution in [0.15, 0.2) is 30.3 Å². The Morgan fingerprint density at radius 1 is 1.33 bits per heavy atom. The molecule has 2 N–H and O–H groups in total. The van der Waals surface area contributed by atoms with Crippen molar-refractivity contribution in [3.63, 3.8) is 0 Å². The lowest BCUT2D eigenvalue weighted by molar-refractivity contribution is -0.122. The third-order valence-electron chi connectivity index (χ3n) is 2.99. The summed E-state index contributed by atoms with van der Waals surface area (Å²) in [7, 11) is 0. The first kappa shape index (κ1) is 15.3. The Kier molecular flexibility index (Phi) is 4.75. The van der Waals surface area contributed by atoms with Gasteiger partial charge in [0, 0.05) is 11.9 Å². The average Bonchev–Trinajstić information content (AvgIpc) is 2.47. The molecule has 0 spiro atoms. The van der Waals surface area contributed by atoms with Crippen LogP contribution in [-0.2, 0) is 4.79 Å². The van der Waals surface area contributed by atoms with E-state index in [2.05, 4.69) is 15.6 Å². The normalized spacial score (nSPS) is 12.0. The number of nitrogens with zero attached hydrogens (tertiary/aromatic N) is 1. The maximum Gasteiger partial charge on any atom is 0.270 e. The summed E-state index contributed by atoms with van der Waals surface area (Å²) in [6.07, 6.45) is 0. The van der Waals surface area contributed by atoms with Crippen LogP contribution in [0.1, 0.15) is 24.3 Å². The third kappa shape index (κ3) is 3.49. The largest absolute Gasteiger partial charge is 0.355 e. The number of para-hydroxylation sites is 1. The van der Waals surface area contributed by atoms with E-state index in [1.807, 2.05) is 25.1 Å². The van der Waals surface area contributed by atoms with E-state index in [-0.39, 0.29) is 11.6 Å².